The van der Waals surface area contributed by atoms with Gasteiger partial charge in [-0.15, -0.1) is 0 Å². The number of aliphatic hydroxyl groups excluding tert-OH is 5. The van der Waals surface area contributed by atoms with Crippen LogP contribution in [0.25, 0.3) is 10.9 Å². The van der Waals surface area contributed by atoms with Crippen LogP contribution in [0.2, 0.25) is 0 Å². The van der Waals surface area contributed by atoms with Gasteiger partial charge in [-0.1, -0.05) is 90.1 Å². The lowest BCUT2D eigenvalue weighted by Gasteiger charge is -2.32. The van der Waals surface area contributed by atoms with E-state index in [1.807, 2.05) is 10.6 Å². The van der Waals surface area contributed by atoms with Gasteiger partial charge in [0.1, 0.15) is 103 Å². The lowest BCUT2D eigenvalue weighted by Crippen LogP contribution is -2.63. The van der Waals surface area contributed by atoms with Crippen LogP contribution in [-0.4, -0.2) is 354 Å². The Morgan fingerprint density at radius 3 is 1.27 bits per heavy atom. The minimum atomic E-state index is -2.18. The number of hydrogen-bond acceptors (Lipinski definition) is 31. The normalized spacial score (nSPS) is 15.7. The molecule has 36 N–H and O–H groups in total. The maximum Gasteiger partial charge on any atom is 0.305 e. The van der Waals surface area contributed by atoms with Crippen LogP contribution in [0.3, 0.4) is 0 Å². The highest BCUT2D eigenvalue weighted by molar-refractivity contribution is 6.03. The van der Waals surface area contributed by atoms with Crippen molar-refractivity contribution in [3.63, 3.8) is 0 Å². The number of primary amides is 3. The van der Waals surface area contributed by atoms with Gasteiger partial charge in [0, 0.05) is 55.7 Å². The summed E-state index contributed by atoms with van der Waals surface area (Å²) in [5, 5.41) is 120. The molecule has 0 radical (unpaired) electrons. The zero-order valence-electron chi connectivity index (χ0n) is 83.0. The fraction of sp³-hybridized carbons (Fsp3) is 0.587. The number of aromatic nitrogens is 1. The maximum absolute atomic E-state index is 15.3. The maximum atomic E-state index is 15.3. The van der Waals surface area contributed by atoms with Crippen molar-refractivity contribution in [2.45, 2.75) is 273 Å². The van der Waals surface area contributed by atoms with Crippen LogP contribution in [-0.2, 0) is 128 Å². The summed E-state index contributed by atoms with van der Waals surface area (Å²) in [6, 6.07) is -15.5. The van der Waals surface area contributed by atoms with E-state index in [9.17, 15) is 141 Å². The summed E-state index contributed by atoms with van der Waals surface area (Å²) >= 11 is 0. The van der Waals surface area contributed by atoms with Crippen LogP contribution in [0.5, 0.6) is 0 Å². The van der Waals surface area contributed by atoms with E-state index >= 15 is 9.59 Å². The van der Waals surface area contributed by atoms with Gasteiger partial charge < -0.3 is 170 Å². The Labute approximate surface area is 849 Å². The first-order chi connectivity index (χ1) is 69.7. The molecule has 1 saturated heterocycles. The van der Waals surface area contributed by atoms with Crippen molar-refractivity contribution in [2.75, 3.05) is 52.6 Å². The van der Waals surface area contributed by atoms with Crippen molar-refractivity contribution in [1.82, 2.24) is 100 Å². The molecule has 2 aromatic carbocycles. The van der Waals surface area contributed by atoms with Gasteiger partial charge in [0.05, 0.1) is 58.5 Å². The fourth-order valence-electron chi connectivity index (χ4n) is 15.2. The summed E-state index contributed by atoms with van der Waals surface area (Å²) in [6.45, 7) is 5.06. The molecular formula is C92H140N24O32. The number of H-pyrrole nitrogens is 1. The Morgan fingerprint density at radius 1 is 0.392 bits per heavy atom. The molecule has 0 aliphatic carbocycles. The number of nitrogens with two attached hydrogens (primary N) is 5. The molecule has 18 atom stereocenters. The van der Waals surface area contributed by atoms with Gasteiger partial charge in [0.15, 0.2) is 0 Å². The van der Waals surface area contributed by atoms with Crippen LogP contribution in [0.4, 0.5) is 0 Å². The number of aliphatic carboxylic acids is 3. The number of carbonyl (C=O) groups is 24. The topological polar surface area (TPSA) is 925 Å². The predicted octanol–water partition coefficient (Wildman–Crippen LogP) is -11.8. The molecule has 820 valence electrons. The number of aromatic amines is 1. The Bertz CT molecular complexity index is 5120. The molecule has 0 spiro atoms. The van der Waals surface area contributed by atoms with Crippen molar-refractivity contribution < 1.29 is 156 Å². The fourth-order valence-corrected chi connectivity index (χ4v) is 15.2. The van der Waals surface area contributed by atoms with Gasteiger partial charge in [-0.3, -0.25) is 115 Å². The van der Waals surface area contributed by atoms with E-state index in [0.717, 1.165) is 6.92 Å². The number of amides is 21. The molecule has 3 aromatic rings. The number of unbranched alkanes of at least 4 members (excludes halogenated alkanes) is 1. The number of nitrogens with zero attached hydrogens (tertiary/aromatic N) is 1. The molecule has 1 aliphatic rings. The quantitative estimate of drug-likeness (QED) is 0.0233. The van der Waals surface area contributed by atoms with Crippen molar-refractivity contribution in [3.8, 4) is 0 Å². The minimum absolute atomic E-state index is 0.0273. The summed E-state index contributed by atoms with van der Waals surface area (Å²) in [4.78, 5) is 329. The summed E-state index contributed by atoms with van der Waals surface area (Å²) in [7, 11) is 0. The third kappa shape index (κ3) is 43.7. The first kappa shape index (κ1) is 125. The summed E-state index contributed by atoms with van der Waals surface area (Å²) in [5.74, 6) is -29.9. The molecule has 2 heterocycles. The highest BCUT2D eigenvalue weighted by Crippen LogP contribution is 2.24. The van der Waals surface area contributed by atoms with Gasteiger partial charge >= 0.3 is 17.9 Å². The number of para-hydroxylation sites is 1. The molecule has 0 saturated carbocycles. The summed E-state index contributed by atoms with van der Waals surface area (Å²) in [6.07, 6.45) is -7.34. The van der Waals surface area contributed by atoms with Crippen LogP contribution in [0.1, 0.15) is 162 Å². The number of nitrogens with one attached hydrogen (secondary N) is 18. The molecule has 21 amide bonds. The van der Waals surface area contributed by atoms with Gasteiger partial charge in [-0.05, 0) is 119 Å². The number of carboxylic acids is 3. The molecule has 148 heavy (non-hydrogen) atoms. The smallest absolute Gasteiger partial charge is 0.305 e. The van der Waals surface area contributed by atoms with E-state index in [2.05, 4.69) is 84.7 Å². The monoisotopic (exact) mass is 2090 g/mol. The van der Waals surface area contributed by atoms with Crippen LogP contribution < -0.4 is 119 Å². The van der Waals surface area contributed by atoms with Crippen LogP contribution >= 0.6 is 0 Å². The largest absolute Gasteiger partial charge is 0.481 e. The van der Waals surface area contributed by atoms with E-state index in [1.165, 1.54) is 29.2 Å². The van der Waals surface area contributed by atoms with Gasteiger partial charge in [-0.2, -0.15) is 0 Å². The van der Waals surface area contributed by atoms with Crippen molar-refractivity contribution >= 4 is 153 Å². The number of carbonyl (C=O) groups excluding carboxylic acids is 21. The first-order valence-electron chi connectivity index (χ1n) is 47.8. The molecule has 1 aliphatic heterocycles. The minimum Gasteiger partial charge on any atom is -0.481 e. The Morgan fingerprint density at radius 2 is 0.791 bits per heavy atom. The lowest BCUT2D eigenvalue weighted by molar-refractivity contribution is -0.143. The first-order valence-corrected chi connectivity index (χ1v) is 47.8. The van der Waals surface area contributed by atoms with Crippen molar-refractivity contribution in [1.29, 1.82) is 0 Å². The Kier molecular flexibility index (Phi) is 53.7. The Hall–Kier alpha value is -15.0. The van der Waals surface area contributed by atoms with E-state index in [-0.39, 0.29) is 81.9 Å². The molecule has 1 fully saturated rings. The third-order valence-corrected chi connectivity index (χ3v) is 22.9. The second kappa shape index (κ2) is 63.4. The Balaban J connectivity index is 1.62. The number of rotatable bonds is 68. The highest BCUT2D eigenvalue weighted by atomic mass is 16.4. The lowest BCUT2D eigenvalue weighted by atomic mass is 9.98. The molecule has 1 aromatic heterocycles. The molecule has 56 nitrogen and oxygen atoms in total. The predicted molar refractivity (Wildman–Crippen MR) is 519 cm³/mol. The standard InChI is InChI=1S/C92H140N24O32/c1-44(2)30-58(83(139)110-61(34-49-37-98-52-19-12-11-18-50(49)52)86(142)103-53(20-13-14-28-93)79(135)108-59(31-45(3)4)84(140)113-63(32-46(5)6)92(148)116-29-15-21-67(116)90(146)106-55(23-26-72(126)127)81(137)107-57(76(97)132)35-69(96)123)109-87(143)62(36-74(130)131)111-89(145)66(43-120)114-85(141)60(33-48-16-9-8-10-17-48)112-91(147)75(47(7)121)115-82(138)56(24-27-73(128)129)104-80(136)54(22-25-68(95)122)105-88(144)65(42-119)102-71(125)39-100-78(134)64(41-118)101-70(124)38-99-77(133)51(94)40-117/h8-12,16-19,37,44-47,51,53-67,75,98,117-121H,13-15,20-36,38-43,93-94H2,1-7H3,(H2,95,122)(H2,96,123)(H2,97,132)(H,99,133)(H,100,134)(H,101,124)(H,102,125)(H,103,142)(H,104,136)(H,105,144)(H,106,146)(H,107,137)(H,108,135)(H,109,143)(H,110,139)(H,111,145)(H,112,147)(H,113,140)(H,114,141)(H,115,138)(H,126,127)(H,128,129)(H,130,131)/t47?,51-,53-,54-,55-,56-,57-,58-,59-,60-,61-,62-,63-,64-,65-,66-,67-,75-/m0/s1. The second-order valence-electron chi connectivity index (χ2n) is 36.6. The zero-order valence-corrected chi connectivity index (χ0v) is 83.0. The number of fused-ring (bicyclic) bond motifs is 1. The van der Waals surface area contributed by atoms with Gasteiger partial charge in [-0.25, -0.2) is 0 Å². The van der Waals surface area contributed by atoms with Crippen LogP contribution in [0.15, 0.2) is 60.8 Å². The second-order valence-corrected chi connectivity index (χ2v) is 36.6. The third-order valence-electron chi connectivity index (χ3n) is 22.9. The number of benzene rings is 2. The molecule has 4 rings (SSSR count). The van der Waals surface area contributed by atoms with Gasteiger partial charge in [0.2, 0.25) is 124 Å². The van der Waals surface area contributed by atoms with E-state index in [1.54, 1.807) is 78.1 Å². The highest BCUT2D eigenvalue weighted by Gasteiger charge is 2.44. The van der Waals surface area contributed by atoms with E-state index in [4.69, 9.17) is 33.8 Å². The SMILES string of the molecule is CC(C)C[C@H](NC(=O)[C@H](CC(=O)O)NC(=O)[C@H](CO)NC(=O)[C@H](Cc1ccccc1)NC(=O)[C@@H](NC(=O)[C@H](CCC(=O)O)NC(=O)[C@H](CCC(N)=O)NC(=O)[C@H](CO)NC(=O)CNC(=O)[C@H](CO)NC(=O)CNC(=O)[C@@H](N)CO)C(C)O)C(=O)N[C@@H](Cc1c[nH]c2ccccc12)C(=O)N[C@@H](CCCCN)C(=O)N[C@@H](CC(C)C)C(=O)N[C@@H](CC(C)C)C(=O)N1CCC[C@H]1C(=O)N[C@@H](CCC(=O)O)C(=O)N[C@@H](CC(N)=O)C(N)=O. The number of likely N-dealkylation sites (tertiary alicyclic amines) is 1. The summed E-state index contributed by atoms with van der Waals surface area (Å²) in [5.41, 5.74) is 28.5. The molecular weight excluding hydrogens is 1950 g/mol. The van der Waals surface area contributed by atoms with Crippen LogP contribution in [0, 0.1) is 17.8 Å². The zero-order chi connectivity index (χ0) is 111. The van der Waals surface area contributed by atoms with Crippen molar-refractivity contribution in [2.24, 2.45) is 46.4 Å². The number of hydrogen-bond donors (Lipinski definition) is 31. The average Bonchev–Trinajstić information content (AvgIpc) is 1.67. The summed E-state index contributed by atoms with van der Waals surface area (Å²) < 4.78 is 0. The van der Waals surface area contributed by atoms with E-state index < -0.39 is 354 Å². The van der Waals surface area contributed by atoms with Crippen molar-refractivity contribution in [3.05, 3.63) is 71.9 Å². The molecule has 56 heteroatoms. The average molecular weight is 2090 g/mol. The van der Waals surface area contributed by atoms with E-state index in [0.29, 0.717) is 22.9 Å². The molecule has 0 bridgehead atoms. The van der Waals surface area contributed by atoms with Gasteiger partial charge in [0.25, 0.3) is 0 Å². The number of aliphatic hydroxyl groups is 5. The number of carboxylic acid groups (broad SMARTS) is 3. The molecule has 1 unspecified atom stereocenters.